The van der Waals surface area contributed by atoms with Crippen LogP contribution in [0.15, 0.2) is 12.1 Å². The number of rotatable bonds is 3. The minimum Gasteiger partial charge on any atom is -0.494 e. The molecule has 2 atom stereocenters. The molecule has 18 heavy (non-hydrogen) atoms. The lowest BCUT2D eigenvalue weighted by Crippen LogP contribution is -2.17. The minimum atomic E-state index is -0.876. The van der Waals surface area contributed by atoms with E-state index in [0.717, 1.165) is 0 Å². The van der Waals surface area contributed by atoms with E-state index in [-0.39, 0.29) is 11.8 Å². The van der Waals surface area contributed by atoms with E-state index in [9.17, 15) is 9.18 Å². The van der Waals surface area contributed by atoms with Crippen LogP contribution in [-0.2, 0) is 4.79 Å². The lowest BCUT2D eigenvalue weighted by molar-refractivity contribution is -0.141. The van der Waals surface area contributed by atoms with Gasteiger partial charge in [0.15, 0.2) is 11.6 Å². The van der Waals surface area contributed by atoms with Crippen LogP contribution in [0, 0.1) is 11.7 Å². The molecular formula is C12H13ClFNO3. The number of aliphatic carboxylic acids is 1. The number of halogens is 2. The fourth-order valence-corrected chi connectivity index (χ4v) is 2.36. The van der Waals surface area contributed by atoms with E-state index in [4.69, 9.17) is 21.4 Å². The molecule has 0 aliphatic carbocycles. The average Bonchev–Trinajstić information content (AvgIpc) is 2.81. The quantitative estimate of drug-likeness (QED) is 0.887. The number of methoxy groups -OCH3 is 1. The molecule has 2 rings (SSSR count). The number of carboxylic acid groups (broad SMARTS) is 1. The zero-order chi connectivity index (χ0) is 13.3. The SMILES string of the molecule is COc1cc(Cl)cc(C2CC(C(=O)O)CN2)c1F. The first-order chi connectivity index (χ1) is 8.52. The highest BCUT2D eigenvalue weighted by atomic mass is 35.5. The molecule has 1 heterocycles. The monoisotopic (exact) mass is 273 g/mol. The van der Waals surface area contributed by atoms with Gasteiger partial charge in [-0.15, -0.1) is 0 Å². The normalized spacial score (nSPS) is 23.1. The molecular weight excluding hydrogens is 261 g/mol. The molecule has 98 valence electrons. The summed E-state index contributed by atoms with van der Waals surface area (Å²) in [4.78, 5) is 10.9. The Hall–Kier alpha value is -1.33. The van der Waals surface area contributed by atoms with Crippen molar-refractivity contribution in [3.05, 3.63) is 28.5 Å². The van der Waals surface area contributed by atoms with Gasteiger partial charge in [0, 0.05) is 29.2 Å². The first kappa shape index (κ1) is 13.1. The summed E-state index contributed by atoms with van der Waals surface area (Å²) in [5.74, 6) is -1.80. The molecule has 0 bridgehead atoms. The number of ether oxygens (including phenoxy) is 1. The molecule has 0 aromatic heterocycles. The Balaban J connectivity index is 2.29. The van der Waals surface area contributed by atoms with Crippen LogP contribution in [0.3, 0.4) is 0 Å². The van der Waals surface area contributed by atoms with Crippen molar-refractivity contribution in [3.8, 4) is 5.75 Å². The number of nitrogens with one attached hydrogen (secondary N) is 1. The topological polar surface area (TPSA) is 58.6 Å². The van der Waals surface area contributed by atoms with Crippen molar-refractivity contribution in [1.82, 2.24) is 5.32 Å². The Morgan fingerprint density at radius 3 is 2.89 bits per heavy atom. The van der Waals surface area contributed by atoms with Crippen LogP contribution in [-0.4, -0.2) is 24.7 Å². The number of hydrogen-bond donors (Lipinski definition) is 2. The summed E-state index contributed by atoms with van der Waals surface area (Å²) < 4.78 is 19.0. The van der Waals surface area contributed by atoms with Gasteiger partial charge in [0.2, 0.25) is 0 Å². The molecule has 4 nitrogen and oxygen atoms in total. The van der Waals surface area contributed by atoms with Gasteiger partial charge in [-0.3, -0.25) is 4.79 Å². The van der Waals surface area contributed by atoms with Gasteiger partial charge in [-0.25, -0.2) is 4.39 Å². The maximum Gasteiger partial charge on any atom is 0.307 e. The Labute approximate surface area is 109 Å². The molecule has 0 amide bonds. The van der Waals surface area contributed by atoms with Crippen LogP contribution < -0.4 is 10.1 Å². The van der Waals surface area contributed by atoms with E-state index < -0.39 is 17.7 Å². The molecule has 1 aromatic rings. The number of hydrogen-bond acceptors (Lipinski definition) is 3. The van der Waals surface area contributed by atoms with Gasteiger partial charge in [0.05, 0.1) is 13.0 Å². The van der Waals surface area contributed by atoms with Crippen LogP contribution in [0.4, 0.5) is 4.39 Å². The maximum atomic E-state index is 14.1. The smallest absolute Gasteiger partial charge is 0.307 e. The first-order valence-electron chi connectivity index (χ1n) is 5.52. The molecule has 2 unspecified atom stereocenters. The van der Waals surface area contributed by atoms with Crippen molar-refractivity contribution < 1.29 is 19.0 Å². The largest absolute Gasteiger partial charge is 0.494 e. The molecule has 1 fully saturated rings. The standard InChI is InChI=1S/C12H13ClFNO3/c1-18-10-4-7(13)3-8(11(10)14)9-2-6(5-15-9)12(16)17/h3-4,6,9,15H,2,5H2,1H3,(H,16,17). The van der Waals surface area contributed by atoms with E-state index in [1.54, 1.807) is 0 Å². The molecule has 1 aromatic carbocycles. The molecule has 1 aliphatic heterocycles. The van der Waals surface area contributed by atoms with Crippen molar-refractivity contribution in [2.24, 2.45) is 5.92 Å². The average molecular weight is 274 g/mol. The summed E-state index contributed by atoms with van der Waals surface area (Å²) >= 11 is 5.89. The van der Waals surface area contributed by atoms with Crippen LogP contribution in [0.25, 0.3) is 0 Å². The lowest BCUT2D eigenvalue weighted by atomic mass is 9.99. The third-order valence-corrected chi connectivity index (χ3v) is 3.33. The van der Waals surface area contributed by atoms with Gasteiger partial charge in [0.25, 0.3) is 0 Å². The van der Waals surface area contributed by atoms with Gasteiger partial charge < -0.3 is 15.2 Å². The van der Waals surface area contributed by atoms with Crippen LogP contribution >= 0.6 is 11.6 Å². The fourth-order valence-electron chi connectivity index (χ4n) is 2.15. The van der Waals surface area contributed by atoms with Crippen molar-refractivity contribution in [3.63, 3.8) is 0 Å². The van der Waals surface area contributed by atoms with E-state index in [0.29, 0.717) is 23.6 Å². The van der Waals surface area contributed by atoms with Crippen molar-refractivity contribution in [2.75, 3.05) is 13.7 Å². The van der Waals surface area contributed by atoms with Crippen LogP contribution in [0.5, 0.6) is 5.75 Å². The summed E-state index contributed by atoms with van der Waals surface area (Å²) in [6.07, 6.45) is 0.343. The predicted octanol–water partition coefficient (Wildman–Crippen LogP) is 2.22. The van der Waals surface area contributed by atoms with Crippen molar-refractivity contribution in [1.29, 1.82) is 0 Å². The Morgan fingerprint density at radius 1 is 1.61 bits per heavy atom. The highest BCUT2D eigenvalue weighted by molar-refractivity contribution is 6.30. The Bertz CT molecular complexity index is 481. The minimum absolute atomic E-state index is 0.0677. The van der Waals surface area contributed by atoms with E-state index in [1.165, 1.54) is 19.2 Å². The second-order valence-electron chi connectivity index (χ2n) is 4.24. The zero-order valence-corrected chi connectivity index (χ0v) is 10.5. The van der Waals surface area contributed by atoms with E-state index in [2.05, 4.69) is 5.32 Å². The summed E-state index contributed by atoms with van der Waals surface area (Å²) in [6.45, 7) is 0.328. The lowest BCUT2D eigenvalue weighted by Gasteiger charge is -2.14. The van der Waals surface area contributed by atoms with Crippen molar-refractivity contribution in [2.45, 2.75) is 12.5 Å². The summed E-state index contributed by atoms with van der Waals surface area (Å²) in [5, 5.41) is 12.3. The van der Waals surface area contributed by atoms with E-state index in [1.807, 2.05) is 0 Å². The second kappa shape index (κ2) is 5.12. The molecule has 6 heteroatoms. The fraction of sp³-hybridized carbons (Fsp3) is 0.417. The summed E-state index contributed by atoms with van der Waals surface area (Å²) in [5.41, 5.74) is 0.350. The van der Waals surface area contributed by atoms with Gasteiger partial charge in [0.1, 0.15) is 0 Å². The summed E-state index contributed by atoms with van der Waals surface area (Å²) in [7, 11) is 1.36. The molecule has 0 radical (unpaired) electrons. The van der Waals surface area contributed by atoms with E-state index >= 15 is 0 Å². The molecule has 0 spiro atoms. The highest BCUT2D eigenvalue weighted by Gasteiger charge is 2.32. The third kappa shape index (κ3) is 2.42. The molecule has 2 N–H and O–H groups in total. The van der Waals surface area contributed by atoms with Gasteiger partial charge in [-0.1, -0.05) is 11.6 Å². The van der Waals surface area contributed by atoms with Crippen LogP contribution in [0.1, 0.15) is 18.0 Å². The van der Waals surface area contributed by atoms with Crippen molar-refractivity contribution >= 4 is 17.6 Å². The third-order valence-electron chi connectivity index (χ3n) is 3.11. The van der Waals surface area contributed by atoms with Gasteiger partial charge in [-0.05, 0) is 12.5 Å². The second-order valence-corrected chi connectivity index (χ2v) is 4.68. The Morgan fingerprint density at radius 2 is 2.33 bits per heavy atom. The molecule has 1 aliphatic rings. The maximum absolute atomic E-state index is 14.1. The Kier molecular flexibility index (Phi) is 3.73. The molecule has 0 saturated carbocycles. The van der Waals surface area contributed by atoms with Gasteiger partial charge in [-0.2, -0.15) is 0 Å². The number of carboxylic acids is 1. The molecule has 1 saturated heterocycles. The van der Waals surface area contributed by atoms with Gasteiger partial charge >= 0.3 is 5.97 Å². The zero-order valence-electron chi connectivity index (χ0n) is 9.74. The predicted molar refractivity (Wildman–Crippen MR) is 64.4 cm³/mol. The summed E-state index contributed by atoms with van der Waals surface area (Å²) in [6, 6.07) is 2.55. The number of carbonyl (C=O) groups is 1. The highest BCUT2D eigenvalue weighted by Crippen LogP contribution is 2.34. The first-order valence-corrected chi connectivity index (χ1v) is 5.90. The van der Waals surface area contributed by atoms with Crippen LogP contribution in [0.2, 0.25) is 5.02 Å². The number of benzene rings is 1.